The standard InChI is InChI=1S/C15H18ClN3O2/c1-2-6-19-14(17-10-18-19)9-12(15(20)21)7-11-4-3-5-13(16)8-11/h3-5,8,10,12H,2,6-7,9H2,1H3,(H,20,21). The lowest BCUT2D eigenvalue weighted by Gasteiger charge is -2.13. The van der Waals surface area contributed by atoms with Gasteiger partial charge in [-0.2, -0.15) is 5.10 Å². The van der Waals surface area contributed by atoms with Crippen molar-refractivity contribution in [1.29, 1.82) is 0 Å². The Bertz CT molecular complexity index is 612. The van der Waals surface area contributed by atoms with Crippen molar-refractivity contribution in [2.75, 3.05) is 0 Å². The van der Waals surface area contributed by atoms with Crippen molar-refractivity contribution < 1.29 is 9.90 Å². The predicted octanol–water partition coefficient (Wildman–Crippen LogP) is 2.83. The highest BCUT2D eigenvalue weighted by atomic mass is 35.5. The average molecular weight is 308 g/mol. The number of carbonyl (C=O) groups is 1. The minimum Gasteiger partial charge on any atom is -0.481 e. The largest absolute Gasteiger partial charge is 0.481 e. The van der Waals surface area contributed by atoms with Crippen LogP contribution < -0.4 is 0 Å². The minimum absolute atomic E-state index is 0.363. The minimum atomic E-state index is -0.832. The van der Waals surface area contributed by atoms with E-state index >= 15 is 0 Å². The second-order valence-corrected chi connectivity index (χ2v) is 5.41. The Hall–Kier alpha value is -1.88. The smallest absolute Gasteiger partial charge is 0.307 e. The molecule has 0 amide bonds. The maximum atomic E-state index is 11.5. The highest BCUT2D eigenvalue weighted by Gasteiger charge is 2.21. The third kappa shape index (κ3) is 4.29. The van der Waals surface area contributed by atoms with Crippen LogP contribution in [0.15, 0.2) is 30.6 Å². The molecule has 1 aromatic heterocycles. The summed E-state index contributed by atoms with van der Waals surface area (Å²) in [5, 5.41) is 14.2. The van der Waals surface area contributed by atoms with Gasteiger partial charge in [-0.15, -0.1) is 0 Å². The molecule has 0 fully saturated rings. The Balaban J connectivity index is 2.12. The van der Waals surface area contributed by atoms with Crippen molar-refractivity contribution in [2.24, 2.45) is 5.92 Å². The van der Waals surface area contributed by atoms with Gasteiger partial charge in [0.2, 0.25) is 0 Å². The van der Waals surface area contributed by atoms with Crippen LogP contribution >= 0.6 is 11.6 Å². The lowest BCUT2D eigenvalue weighted by atomic mass is 9.96. The molecular formula is C15H18ClN3O2. The molecule has 0 spiro atoms. The Morgan fingerprint density at radius 1 is 1.43 bits per heavy atom. The zero-order valence-electron chi connectivity index (χ0n) is 11.9. The highest BCUT2D eigenvalue weighted by Crippen LogP contribution is 2.17. The first kappa shape index (κ1) is 15.5. The van der Waals surface area contributed by atoms with Crippen LogP contribution in [0.4, 0.5) is 0 Å². The molecule has 1 N–H and O–H groups in total. The molecule has 0 aliphatic heterocycles. The molecule has 1 unspecified atom stereocenters. The number of hydrogen-bond acceptors (Lipinski definition) is 3. The van der Waals surface area contributed by atoms with E-state index in [1.54, 1.807) is 16.8 Å². The molecule has 2 aromatic rings. The molecule has 0 aliphatic carbocycles. The number of halogens is 1. The van der Waals surface area contributed by atoms with Crippen LogP contribution in [0.25, 0.3) is 0 Å². The summed E-state index contributed by atoms with van der Waals surface area (Å²) < 4.78 is 1.77. The SMILES string of the molecule is CCCn1ncnc1CC(Cc1cccc(Cl)c1)C(=O)O. The zero-order valence-corrected chi connectivity index (χ0v) is 12.6. The summed E-state index contributed by atoms with van der Waals surface area (Å²) in [6.45, 7) is 2.80. The van der Waals surface area contributed by atoms with Gasteiger partial charge in [0.1, 0.15) is 12.2 Å². The fourth-order valence-corrected chi connectivity index (χ4v) is 2.47. The first-order valence-electron chi connectivity index (χ1n) is 6.94. The zero-order chi connectivity index (χ0) is 15.2. The molecule has 0 bridgehead atoms. The lowest BCUT2D eigenvalue weighted by Crippen LogP contribution is -2.21. The van der Waals surface area contributed by atoms with Gasteiger partial charge in [-0.25, -0.2) is 4.98 Å². The van der Waals surface area contributed by atoms with Gasteiger partial charge >= 0.3 is 5.97 Å². The monoisotopic (exact) mass is 307 g/mol. The van der Waals surface area contributed by atoms with Gasteiger partial charge < -0.3 is 5.11 Å². The van der Waals surface area contributed by atoms with Crippen molar-refractivity contribution in [1.82, 2.24) is 14.8 Å². The molecule has 6 heteroatoms. The van der Waals surface area contributed by atoms with Crippen LogP contribution in [-0.2, 0) is 24.2 Å². The van der Waals surface area contributed by atoms with Crippen molar-refractivity contribution in [3.8, 4) is 0 Å². The van der Waals surface area contributed by atoms with E-state index in [4.69, 9.17) is 11.6 Å². The Kier molecular flexibility index (Phi) is 5.33. The number of carboxylic acid groups (broad SMARTS) is 1. The Morgan fingerprint density at radius 2 is 2.24 bits per heavy atom. The molecule has 0 aliphatic rings. The van der Waals surface area contributed by atoms with Gasteiger partial charge in [-0.1, -0.05) is 30.7 Å². The summed E-state index contributed by atoms with van der Waals surface area (Å²) in [5.74, 6) is -0.657. The Morgan fingerprint density at radius 3 is 2.90 bits per heavy atom. The fourth-order valence-electron chi connectivity index (χ4n) is 2.26. The summed E-state index contributed by atoms with van der Waals surface area (Å²) in [5.41, 5.74) is 0.913. The molecule has 1 atom stereocenters. The summed E-state index contributed by atoms with van der Waals surface area (Å²) in [7, 11) is 0. The van der Waals surface area contributed by atoms with Gasteiger partial charge in [-0.3, -0.25) is 9.48 Å². The number of rotatable bonds is 7. The first-order chi connectivity index (χ1) is 10.1. The molecule has 0 saturated heterocycles. The van der Waals surface area contributed by atoms with Crippen LogP contribution in [-0.4, -0.2) is 25.8 Å². The third-order valence-electron chi connectivity index (χ3n) is 3.28. The number of carboxylic acids is 1. The number of nitrogens with zero attached hydrogens (tertiary/aromatic N) is 3. The maximum absolute atomic E-state index is 11.5. The molecular weight excluding hydrogens is 290 g/mol. The van der Waals surface area contributed by atoms with E-state index in [0.29, 0.717) is 23.7 Å². The van der Waals surface area contributed by atoms with Crippen LogP contribution in [0.3, 0.4) is 0 Å². The third-order valence-corrected chi connectivity index (χ3v) is 3.52. The summed E-state index contributed by atoms with van der Waals surface area (Å²) >= 11 is 5.94. The lowest BCUT2D eigenvalue weighted by molar-refractivity contribution is -0.141. The van der Waals surface area contributed by atoms with Crippen molar-refractivity contribution in [2.45, 2.75) is 32.7 Å². The first-order valence-corrected chi connectivity index (χ1v) is 7.32. The number of aryl methyl sites for hydroxylation is 1. The average Bonchev–Trinajstić information content (AvgIpc) is 2.86. The molecule has 5 nitrogen and oxygen atoms in total. The summed E-state index contributed by atoms with van der Waals surface area (Å²) in [6.07, 6.45) is 3.20. The number of aromatic nitrogens is 3. The number of benzene rings is 1. The van der Waals surface area contributed by atoms with Gasteiger partial charge in [0.15, 0.2) is 0 Å². The van der Waals surface area contributed by atoms with Crippen molar-refractivity contribution in [3.05, 3.63) is 47.0 Å². The van der Waals surface area contributed by atoms with Crippen molar-refractivity contribution in [3.63, 3.8) is 0 Å². The van der Waals surface area contributed by atoms with E-state index in [2.05, 4.69) is 10.1 Å². The van der Waals surface area contributed by atoms with Crippen LogP contribution in [0, 0.1) is 5.92 Å². The van der Waals surface area contributed by atoms with E-state index in [1.807, 2.05) is 19.1 Å². The second kappa shape index (κ2) is 7.22. The predicted molar refractivity (Wildman–Crippen MR) is 80.3 cm³/mol. The maximum Gasteiger partial charge on any atom is 0.307 e. The quantitative estimate of drug-likeness (QED) is 0.854. The van der Waals surface area contributed by atoms with E-state index in [-0.39, 0.29) is 0 Å². The van der Waals surface area contributed by atoms with Crippen LogP contribution in [0.5, 0.6) is 0 Å². The number of aliphatic carboxylic acids is 1. The van der Waals surface area contributed by atoms with Gasteiger partial charge in [-0.05, 0) is 30.5 Å². The molecule has 21 heavy (non-hydrogen) atoms. The molecule has 0 radical (unpaired) electrons. The van der Waals surface area contributed by atoms with Gasteiger partial charge in [0, 0.05) is 18.0 Å². The number of hydrogen-bond donors (Lipinski definition) is 1. The summed E-state index contributed by atoms with van der Waals surface area (Å²) in [4.78, 5) is 15.7. The van der Waals surface area contributed by atoms with Crippen LogP contribution in [0.2, 0.25) is 5.02 Å². The molecule has 2 rings (SSSR count). The van der Waals surface area contributed by atoms with Gasteiger partial charge in [0.05, 0.1) is 5.92 Å². The fraction of sp³-hybridized carbons (Fsp3) is 0.400. The van der Waals surface area contributed by atoms with Crippen LogP contribution in [0.1, 0.15) is 24.7 Å². The molecule has 1 aromatic carbocycles. The van der Waals surface area contributed by atoms with E-state index in [1.165, 1.54) is 6.33 Å². The summed E-state index contributed by atoms with van der Waals surface area (Å²) in [6, 6.07) is 7.29. The normalized spacial score (nSPS) is 12.3. The molecule has 112 valence electrons. The van der Waals surface area contributed by atoms with Gasteiger partial charge in [0.25, 0.3) is 0 Å². The van der Waals surface area contributed by atoms with E-state index in [9.17, 15) is 9.90 Å². The molecule has 0 saturated carbocycles. The van der Waals surface area contributed by atoms with E-state index < -0.39 is 11.9 Å². The van der Waals surface area contributed by atoms with E-state index in [0.717, 1.165) is 18.5 Å². The topological polar surface area (TPSA) is 68.0 Å². The second-order valence-electron chi connectivity index (χ2n) is 4.97. The highest BCUT2D eigenvalue weighted by molar-refractivity contribution is 6.30. The van der Waals surface area contributed by atoms with Crippen molar-refractivity contribution >= 4 is 17.6 Å². The molecule has 1 heterocycles. The Labute approximate surface area is 128 Å².